The number of aromatic nitrogens is 2. The van der Waals surface area contributed by atoms with Gasteiger partial charge in [0, 0.05) is 19.1 Å². The van der Waals surface area contributed by atoms with Crippen molar-refractivity contribution >= 4 is 10.0 Å². The quantitative estimate of drug-likeness (QED) is 0.915. The summed E-state index contributed by atoms with van der Waals surface area (Å²) in [5.74, 6) is -0.451. The fraction of sp³-hybridized carbons (Fsp3) is 0.400. The van der Waals surface area contributed by atoms with Crippen LogP contribution < -0.4 is 5.32 Å². The van der Waals surface area contributed by atoms with Crippen molar-refractivity contribution in [2.45, 2.75) is 23.8 Å². The predicted octanol–water partition coefficient (Wildman–Crippen LogP) is 1.38. The van der Waals surface area contributed by atoms with E-state index >= 15 is 0 Å². The standard InChI is InChI=1S/C15H19FN4O2S/c1-17-12-5-4-8-19(10-12)23(21,22)13-9-18-20(11-13)15-7-3-2-6-14(15)16/h2-3,6-7,9,11-12,17H,4-5,8,10H2,1H3. The Kier molecular flexibility index (Phi) is 4.47. The summed E-state index contributed by atoms with van der Waals surface area (Å²) >= 11 is 0. The lowest BCUT2D eigenvalue weighted by molar-refractivity contribution is 0.293. The van der Waals surface area contributed by atoms with Crippen molar-refractivity contribution in [3.8, 4) is 5.69 Å². The van der Waals surface area contributed by atoms with Crippen LogP contribution in [0, 0.1) is 5.82 Å². The largest absolute Gasteiger partial charge is 0.316 e. The van der Waals surface area contributed by atoms with Gasteiger partial charge in [0.15, 0.2) is 0 Å². The van der Waals surface area contributed by atoms with Crippen molar-refractivity contribution in [2.24, 2.45) is 0 Å². The highest BCUT2D eigenvalue weighted by atomic mass is 32.2. The molecular weight excluding hydrogens is 319 g/mol. The summed E-state index contributed by atoms with van der Waals surface area (Å²) < 4.78 is 42.0. The lowest BCUT2D eigenvalue weighted by Crippen LogP contribution is -2.46. The van der Waals surface area contributed by atoms with Crippen LogP contribution in [0.25, 0.3) is 5.69 Å². The van der Waals surface area contributed by atoms with E-state index in [4.69, 9.17) is 0 Å². The number of rotatable bonds is 4. The average Bonchev–Trinajstić information content (AvgIpc) is 3.06. The van der Waals surface area contributed by atoms with Crippen LogP contribution in [0.3, 0.4) is 0 Å². The van der Waals surface area contributed by atoms with Crippen molar-refractivity contribution in [2.75, 3.05) is 20.1 Å². The number of para-hydroxylation sites is 1. The van der Waals surface area contributed by atoms with Crippen molar-refractivity contribution in [3.05, 3.63) is 42.5 Å². The van der Waals surface area contributed by atoms with Crippen LogP contribution in [0.4, 0.5) is 4.39 Å². The third-order valence-corrected chi connectivity index (χ3v) is 5.91. The van der Waals surface area contributed by atoms with Crippen LogP contribution in [-0.4, -0.2) is 48.7 Å². The molecule has 124 valence electrons. The Morgan fingerprint density at radius 2 is 2.13 bits per heavy atom. The predicted molar refractivity (Wildman–Crippen MR) is 84.4 cm³/mol. The Labute approximate surface area is 135 Å². The molecular formula is C15H19FN4O2S. The van der Waals surface area contributed by atoms with Crippen molar-refractivity contribution in [1.29, 1.82) is 0 Å². The molecule has 23 heavy (non-hydrogen) atoms. The summed E-state index contributed by atoms with van der Waals surface area (Å²) in [4.78, 5) is 0.0810. The highest BCUT2D eigenvalue weighted by Crippen LogP contribution is 2.22. The molecule has 0 amide bonds. The molecule has 2 aromatic rings. The van der Waals surface area contributed by atoms with Crippen molar-refractivity contribution < 1.29 is 12.8 Å². The fourth-order valence-electron chi connectivity index (χ4n) is 2.75. The molecule has 3 rings (SSSR count). The van der Waals surface area contributed by atoms with Crippen LogP contribution in [0.5, 0.6) is 0 Å². The summed E-state index contributed by atoms with van der Waals surface area (Å²) in [6, 6.07) is 6.27. The molecule has 0 aliphatic carbocycles. The first-order chi connectivity index (χ1) is 11.0. The summed E-state index contributed by atoms with van der Waals surface area (Å²) in [5, 5.41) is 7.12. The molecule has 0 bridgehead atoms. The Balaban J connectivity index is 1.89. The van der Waals surface area contributed by atoms with Gasteiger partial charge in [-0.15, -0.1) is 0 Å². The van der Waals surface area contributed by atoms with Gasteiger partial charge in [-0.2, -0.15) is 9.40 Å². The molecule has 1 saturated heterocycles. The van der Waals surface area contributed by atoms with Gasteiger partial charge in [-0.3, -0.25) is 0 Å². The van der Waals surface area contributed by atoms with Gasteiger partial charge in [0.1, 0.15) is 16.4 Å². The number of hydrogen-bond donors (Lipinski definition) is 1. The molecule has 1 atom stereocenters. The van der Waals surface area contributed by atoms with Gasteiger partial charge >= 0.3 is 0 Å². The first kappa shape index (κ1) is 16.1. The summed E-state index contributed by atoms with van der Waals surface area (Å²) in [7, 11) is -1.79. The minimum Gasteiger partial charge on any atom is -0.316 e. The molecule has 1 N–H and O–H groups in total. The van der Waals surface area contributed by atoms with Gasteiger partial charge < -0.3 is 5.32 Å². The smallest absolute Gasteiger partial charge is 0.246 e. The van der Waals surface area contributed by atoms with Crippen LogP contribution in [-0.2, 0) is 10.0 Å². The molecule has 1 aromatic heterocycles. The molecule has 0 spiro atoms. The van der Waals surface area contributed by atoms with Gasteiger partial charge in [-0.1, -0.05) is 12.1 Å². The molecule has 1 aliphatic heterocycles. The van der Waals surface area contributed by atoms with E-state index in [-0.39, 0.29) is 16.6 Å². The van der Waals surface area contributed by atoms with Crippen molar-refractivity contribution in [3.63, 3.8) is 0 Å². The Morgan fingerprint density at radius 1 is 1.35 bits per heavy atom. The van der Waals surface area contributed by atoms with Crippen LogP contribution in [0.15, 0.2) is 41.6 Å². The second-order valence-corrected chi connectivity index (χ2v) is 7.50. The molecule has 6 nitrogen and oxygen atoms in total. The number of likely N-dealkylation sites (N-methyl/N-ethyl adjacent to an activating group) is 1. The Hall–Kier alpha value is -1.77. The minimum absolute atomic E-state index is 0.0810. The maximum atomic E-state index is 13.8. The van der Waals surface area contributed by atoms with Gasteiger partial charge in [0.2, 0.25) is 10.0 Å². The average molecular weight is 338 g/mol. The highest BCUT2D eigenvalue weighted by molar-refractivity contribution is 7.89. The van der Waals surface area contributed by atoms with E-state index in [2.05, 4.69) is 10.4 Å². The maximum absolute atomic E-state index is 13.8. The normalized spacial score (nSPS) is 19.8. The molecule has 2 heterocycles. The second-order valence-electron chi connectivity index (χ2n) is 5.56. The zero-order valence-corrected chi connectivity index (χ0v) is 13.6. The van der Waals surface area contributed by atoms with E-state index < -0.39 is 15.8 Å². The number of piperidine rings is 1. The zero-order valence-electron chi connectivity index (χ0n) is 12.8. The summed E-state index contributed by atoms with van der Waals surface area (Å²) in [6.07, 6.45) is 4.39. The van der Waals surface area contributed by atoms with E-state index in [0.717, 1.165) is 12.8 Å². The summed E-state index contributed by atoms with van der Waals surface area (Å²) in [6.45, 7) is 0.926. The number of halogens is 1. The SMILES string of the molecule is CNC1CCCN(S(=O)(=O)c2cnn(-c3ccccc3F)c2)C1. The monoisotopic (exact) mass is 338 g/mol. The number of hydrogen-bond acceptors (Lipinski definition) is 4. The van der Waals surface area contributed by atoms with Gasteiger partial charge in [0.05, 0.1) is 12.4 Å². The minimum atomic E-state index is -3.62. The van der Waals surface area contributed by atoms with E-state index in [1.807, 2.05) is 7.05 Å². The van der Waals surface area contributed by atoms with E-state index in [1.165, 1.54) is 27.4 Å². The summed E-state index contributed by atoms with van der Waals surface area (Å²) in [5.41, 5.74) is 0.223. The van der Waals surface area contributed by atoms with Gasteiger partial charge in [-0.05, 0) is 32.0 Å². The lowest BCUT2D eigenvalue weighted by Gasteiger charge is -2.31. The highest BCUT2D eigenvalue weighted by Gasteiger charge is 2.30. The Morgan fingerprint density at radius 3 is 2.87 bits per heavy atom. The molecule has 1 fully saturated rings. The van der Waals surface area contributed by atoms with Crippen molar-refractivity contribution in [1.82, 2.24) is 19.4 Å². The Bertz CT molecular complexity index is 790. The first-order valence-electron chi connectivity index (χ1n) is 7.49. The topological polar surface area (TPSA) is 67.2 Å². The van der Waals surface area contributed by atoms with Crippen LogP contribution in [0.1, 0.15) is 12.8 Å². The van der Waals surface area contributed by atoms with E-state index in [9.17, 15) is 12.8 Å². The number of nitrogens with one attached hydrogen (secondary N) is 1. The lowest BCUT2D eigenvalue weighted by atomic mass is 10.1. The third-order valence-electron chi connectivity index (χ3n) is 4.09. The number of nitrogens with zero attached hydrogens (tertiary/aromatic N) is 3. The van der Waals surface area contributed by atoms with Crippen LogP contribution in [0.2, 0.25) is 0 Å². The molecule has 0 saturated carbocycles. The number of benzene rings is 1. The molecule has 1 aliphatic rings. The first-order valence-corrected chi connectivity index (χ1v) is 8.93. The third kappa shape index (κ3) is 3.15. The molecule has 8 heteroatoms. The van der Waals surface area contributed by atoms with E-state index in [0.29, 0.717) is 13.1 Å². The fourth-order valence-corrected chi connectivity index (χ4v) is 4.21. The van der Waals surface area contributed by atoms with Gasteiger partial charge in [0.25, 0.3) is 0 Å². The van der Waals surface area contributed by atoms with Crippen LogP contribution >= 0.6 is 0 Å². The van der Waals surface area contributed by atoms with Gasteiger partial charge in [-0.25, -0.2) is 17.5 Å². The maximum Gasteiger partial charge on any atom is 0.246 e. The second kappa shape index (κ2) is 6.38. The molecule has 0 radical (unpaired) electrons. The zero-order chi connectivity index (χ0) is 16.4. The number of sulfonamides is 1. The molecule has 1 aromatic carbocycles. The molecule has 1 unspecified atom stereocenters. The van der Waals surface area contributed by atoms with E-state index in [1.54, 1.807) is 18.2 Å².